The average molecular weight is 365 g/mol. The standard InChI is InChI=1S/C16H16FN3O4S/c1-18-25(23,24)12-8-6-11(7-9-12)20-15(21)10-19-16(22)13-4-2-3-5-14(13)17/h2-9,18H,10H2,1H3,(H,19,22)(H,20,21). The van der Waals surface area contributed by atoms with Crippen LogP contribution in [0.25, 0.3) is 0 Å². The number of nitrogens with one attached hydrogen (secondary N) is 3. The van der Waals surface area contributed by atoms with Gasteiger partial charge in [-0.25, -0.2) is 17.5 Å². The summed E-state index contributed by atoms with van der Waals surface area (Å²) in [6.07, 6.45) is 0. The van der Waals surface area contributed by atoms with E-state index in [2.05, 4.69) is 15.4 Å². The molecule has 2 aromatic carbocycles. The SMILES string of the molecule is CNS(=O)(=O)c1ccc(NC(=O)CNC(=O)c2ccccc2F)cc1. The van der Waals surface area contributed by atoms with E-state index in [1.54, 1.807) is 0 Å². The highest BCUT2D eigenvalue weighted by molar-refractivity contribution is 7.89. The van der Waals surface area contributed by atoms with Crippen LogP contribution < -0.4 is 15.4 Å². The molecule has 2 amide bonds. The molecule has 0 aliphatic heterocycles. The van der Waals surface area contributed by atoms with Crippen LogP contribution in [0.15, 0.2) is 53.4 Å². The largest absolute Gasteiger partial charge is 0.343 e. The Balaban J connectivity index is 1.92. The molecule has 2 rings (SSSR count). The Labute approximate surface area is 144 Å². The molecular weight excluding hydrogens is 349 g/mol. The Hall–Kier alpha value is -2.78. The van der Waals surface area contributed by atoms with Crippen LogP contribution >= 0.6 is 0 Å². The van der Waals surface area contributed by atoms with E-state index in [0.29, 0.717) is 5.69 Å². The average Bonchev–Trinajstić information content (AvgIpc) is 2.60. The van der Waals surface area contributed by atoms with Crippen molar-refractivity contribution in [1.82, 2.24) is 10.0 Å². The molecule has 0 radical (unpaired) electrons. The zero-order valence-electron chi connectivity index (χ0n) is 13.2. The Morgan fingerprint density at radius 3 is 2.28 bits per heavy atom. The van der Waals surface area contributed by atoms with Crippen molar-refractivity contribution in [2.45, 2.75) is 4.90 Å². The second-order valence-corrected chi connectivity index (χ2v) is 6.83. The molecule has 0 spiro atoms. The number of carbonyl (C=O) groups is 2. The van der Waals surface area contributed by atoms with Crippen LogP contribution in [0.5, 0.6) is 0 Å². The van der Waals surface area contributed by atoms with Gasteiger partial charge in [0.1, 0.15) is 5.82 Å². The van der Waals surface area contributed by atoms with Crippen LogP contribution in [-0.2, 0) is 14.8 Å². The van der Waals surface area contributed by atoms with E-state index in [4.69, 9.17) is 0 Å². The molecule has 0 aliphatic carbocycles. The molecule has 25 heavy (non-hydrogen) atoms. The summed E-state index contributed by atoms with van der Waals surface area (Å²) in [5.41, 5.74) is 0.206. The number of hydrogen-bond acceptors (Lipinski definition) is 4. The summed E-state index contributed by atoms with van der Waals surface area (Å²) in [4.78, 5) is 23.7. The predicted molar refractivity (Wildman–Crippen MR) is 90.1 cm³/mol. The van der Waals surface area contributed by atoms with Crippen LogP contribution in [0.1, 0.15) is 10.4 Å². The number of halogens is 1. The molecule has 3 N–H and O–H groups in total. The van der Waals surface area contributed by atoms with Crippen molar-refractivity contribution in [2.24, 2.45) is 0 Å². The van der Waals surface area contributed by atoms with Gasteiger partial charge in [0.25, 0.3) is 5.91 Å². The predicted octanol–water partition coefficient (Wildman–Crippen LogP) is 1.10. The lowest BCUT2D eigenvalue weighted by molar-refractivity contribution is -0.115. The van der Waals surface area contributed by atoms with Gasteiger partial charge in [-0.3, -0.25) is 9.59 Å². The van der Waals surface area contributed by atoms with E-state index < -0.39 is 27.7 Å². The molecule has 0 saturated heterocycles. The smallest absolute Gasteiger partial charge is 0.254 e. The molecule has 9 heteroatoms. The Morgan fingerprint density at radius 1 is 1.04 bits per heavy atom. The Morgan fingerprint density at radius 2 is 1.68 bits per heavy atom. The highest BCUT2D eigenvalue weighted by atomic mass is 32.2. The van der Waals surface area contributed by atoms with Gasteiger partial charge in [0.15, 0.2) is 0 Å². The van der Waals surface area contributed by atoms with Gasteiger partial charge < -0.3 is 10.6 Å². The van der Waals surface area contributed by atoms with Crippen LogP contribution in [0, 0.1) is 5.82 Å². The number of hydrogen-bond donors (Lipinski definition) is 3. The summed E-state index contributed by atoms with van der Waals surface area (Å²) in [7, 11) is -2.26. The van der Waals surface area contributed by atoms with Gasteiger partial charge in [-0.1, -0.05) is 12.1 Å². The normalized spacial score (nSPS) is 11.0. The van der Waals surface area contributed by atoms with Gasteiger partial charge in [0.2, 0.25) is 15.9 Å². The maximum Gasteiger partial charge on any atom is 0.254 e. The molecule has 0 atom stereocenters. The third-order valence-electron chi connectivity index (χ3n) is 3.25. The van der Waals surface area contributed by atoms with Crippen LogP contribution in [0.2, 0.25) is 0 Å². The molecule has 0 aliphatic rings. The molecule has 0 saturated carbocycles. The fraction of sp³-hybridized carbons (Fsp3) is 0.125. The summed E-state index contributed by atoms with van der Waals surface area (Å²) in [6, 6.07) is 10.9. The van der Waals surface area contributed by atoms with Gasteiger partial charge in [-0.15, -0.1) is 0 Å². The highest BCUT2D eigenvalue weighted by Gasteiger charge is 2.13. The Bertz CT molecular complexity index is 883. The van der Waals surface area contributed by atoms with Crippen molar-refractivity contribution in [2.75, 3.05) is 18.9 Å². The van der Waals surface area contributed by atoms with Gasteiger partial charge >= 0.3 is 0 Å². The molecule has 7 nitrogen and oxygen atoms in total. The van der Waals surface area contributed by atoms with E-state index in [1.807, 2.05) is 0 Å². The number of benzene rings is 2. The van der Waals surface area contributed by atoms with Crippen molar-refractivity contribution in [1.29, 1.82) is 0 Å². The Kier molecular flexibility index (Phi) is 5.84. The quantitative estimate of drug-likeness (QED) is 0.713. The molecule has 0 aromatic heterocycles. The van der Waals surface area contributed by atoms with Gasteiger partial charge in [0, 0.05) is 5.69 Å². The first-order valence-electron chi connectivity index (χ1n) is 7.19. The highest BCUT2D eigenvalue weighted by Crippen LogP contribution is 2.13. The third kappa shape index (κ3) is 4.85. The van der Waals surface area contributed by atoms with Crippen LogP contribution in [0.4, 0.5) is 10.1 Å². The summed E-state index contributed by atoms with van der Waals surface area (Å²) in [5, 5.41) is 4.81. The molecule has 0 unspecified atom stereocenters. The second-order valence-electron chi connectivity index (χ2n) is 4.94. The first-order valence-corrected chi connectivity index (χ1v) is 8.68. The van der Waals surface area contributed by atoms with Crippen molar-refractivity contribution >= 4 is 27.5 Å². The van der Waals surface area contributed by atoms with E-state index in [9.17, 15) is 22.4 Å². The van der Waals surface area contributed by atoms with Gasteiger partial charge in [0.05, 0.1) is 17.0 Å². The molecule has 0 fully saturated rings. The fourth-order valence-corrected chi connectivity index (χ4v) is 2.67. The first-order chi connectivity index (χ1) is 11.8. The monoisotopic (exact) mass is 365 g/mol. The van der Waals surface area contributed by atoms with E-state index in [1.165, 1.54) is 49.5 Å². The topological polar surface area (TPSA) is 104 Å². The van der Waals surface area contributed by atoms with Crippen LogP contribution in [0.3, 0.4) is 0 Å². The maximum absolute atomic E-state index is 13.5. The van der Waals surface area contributed by atoms with E-state index in [0.717, 1.165) is 6.07 Å². The molecule has 0 bridgehead atoms. The number of rotatable bonds is 6. The first kappa shape index (κ1) is 18.6. The lowest BCUT2D eigenvalue weighted by atomic mass is 10.2. The molecular formula is C16H16FN3O4S. The summed E-state index contributed by atoms with van der Waals surface area (Å²) in [6.45, 7) is -0.357. The van der Waals surface area contributed by atoms with Crippen molar-refractivity contribution in [3.8, 4) is 0 Å². The minimum absolute atomic E-state index is 0.0563. The number of amides is 2. The lowest BCUT2D eigenvalue weighted by Crippen LogP contribution is -2.33. The zero-order valence-corrected chi connectivity index (χ0v) is 14.1. The molecule has 0 heterocycles. The minimum atomic E-state index is -3.55. The second kappa shape index (κ2) is 7.86. The van der Waals surface area contributed by atoms with E-state index in [-0.39, 0.29) is 17.0 Å². The van der Waals surface area contributed by atoms with Crippen LogP contribution in [-0.4, -0.2) is 33.8 Å². The van der Waals surface area contributed by atoms with Gasteiger partial charge in [-0.2, -0.15) is 0 Å². The summed E-state index contributed by atoms with van der Waals surface area (Å²) >= 11 is 0. The third-order valence-corrected chi connectivity index (χ3v) is 4.68. The zero-order chi connectivity index (χ0) is 18.4. The van der Waals surface area contributed by atoms with Crippen molar-refractivity contribution in [3.05, 3.63) is 59.9 Å². The molecule has 2 aromatic rings. The van der Waals surface area contributed by atoms with Crippen molar-refractivity contribution in [3.63, 3.8) is 0 Å². The number of anilines is 1. The minimum Gasteiger partial charge on any atom is -0.343 e. The maximum atomic E-state index is 13.5. The van der Waals surface area contributed by atoms with E-state index >= 15 is 0 Å². The molecule has 132 valence electrons. The fourth-order valence-electron chi connectivity index (χ4n) is 1.94. The van der Waals surface area contributed by atoms with Gasteiger partial charge in [-0.05, 0) is 43.4 Å². The summed E-state index contributed by atoms with van der Waals surface area (Å²) < 4.78 is 38.8. The lowest BCUT2D eigenvalue weighted by Gasteiger charge is -2.08. The number of carbonyl (C=O) groups excluding carboxylic acids is 2. The van der Waals surface area contributed by atoms with Crippen molar-refractivity contribution < 1.29 is 22.4 Å². The summed E-state index contributed by atoms with van der Waals surface area (Å²) in [5.74, 6) is -1.92. The number of sulfonamides is 1.